The SMILES string of the molecule is COc1cc(/C=C/C(=O)OC[C@H]2O[C@@H](OC3=Cc4c(O[C@@H]5O[C@H](CO)[C@@H](O)[C@H](O)[C@H]5O)cc(O)cc4[OH+]C3c3ccc(O)c(O)c3)[C@H](O[C@@H]3O[C@@H](CO)[C@@H](O)[C@H](O)[C@H]3O)[C@H](O)[C@@H]2O)ccc1O. The van der Waals surface area contributed by atoms with Gasteiger partial charge in [0, 0.05) is 18.2 Å². The van der Waals surface area contributed by atoms with Crippen molar-refractivity contribution in [1.82, 2.24) is 0 Å². The molecule has 3 aromatic carbocycles. The van der Waals surface area contributed by atoms with E-state index >= 15 is 0 Å². The van der Waals surface area contributed by atoms with Gasteiger partial charge >= 0.3 is 5.97 Å². The van der Waals surface area contributed by atoms with Crippen molar-refractivity contribution in [2.24, 2.45) is 0 Å². The first kappa shape index (κ1) is 49.4. The van der Waals surface area contributed by atoms with E-state index in [1.54, 1.807) is 0 Å². The number of esters is 1. The Morgan fingerprint density at radius 2 is 1.28 bits per heavy atom. The molecule has 1 unspecified atom stereocenters. The van der Waals surface area contributed by atoms with Crippen molar-refractivity contribution in [2.45, 2.75) is 98.2 Å². The van der Waals surface area contributed by atoms with Crippen LogP contribution < -0.4 is 9.47 Å². The maximum atomic E-state index is 12.9. The molecule has 4 aliphatic rings. The predicted molar refractivity (Wildman–Crippen MR) is 220 cm³/mol. The minimum atomic E-state index is -2.07. The van der Waals surface area contributed by atoms with Gasteiger partial charge in [0.15, 0.2) is 41.2 Å². The summed E-state index contributed by atoms with van der Waals surface area (Å²) >= 11 is 0. The van der Waals surface area contributed by atoms with Crippen LogP contribution in [0.3, 0.4) is 0 Å². The third kappa shape index (κ3) is 10.5. The van der Waals surface area contributed by atoms with Gasteiger partial charge in [-0.1, -0.05) is 6.07 Å². The van der Waals surface area contributed by atoms with Gasteiger partial charge in [0.2, 0.25) is 12.6 Å². The lowest BCUT2D eigenvalue weighted by atomic mass is 9.97. The summed E-state index contributed by atoms with van der Waals surface area (Å²) in [7, 11) is 1.33. The van der Waals surface area contributed by atoms with Gasteiger partial charge in [0.1, 0.15) is 90.8 Å². The number of benzene rings is 3. The van der Waals surface area contributed by atoms with E-state index in [1.165, 1.54) is 49.6 Å². The average Bonchev–Trinajstić information content (AvgIpc) is 3.31. The molecule has 0 aliphatic carbocycles. The number of ether oxygens (including phenoxy) is 9. The number of fused-ring (bicyclic) bond motifs is 1. The summed E-state index contributed by atoms with van der Waals surface area (Å²) in [6.07, 6.45) is -25.1. The van der Waals surface area contributed by atoms with E-state index in [0.717, 1.165) is 24.3 Å². The average molecular weight is 952 g/mol. The standard InChI is InChI=1S/C43H50O24/c1-59-25-8-16(2-5-21(25)48)3-7-30(50)60-15-29-33(53)36(56)40(67-42-38(58)35(55)32(52)28(14-45)65-42)43(66-29)63-26-12-19-23(61-39(26)17-4-6-20(47)22(49)9-17)10-18(46)11-24(19)62-41-37(57)34(54)31(51)27(13-44)64-41/h2-12,27-29,31-49,51-58H,13-15H2,1H3/p+1/b7-3+/t27-,28+,29-,31-,32-,33-,34+,35+,36-,37-,38-,39?,40-,41-,42+,43-/m1/s1. The summed E-state index contributed by atoms with van der Waals surface area (Å²) in [5, 5.41) is 147. The van der Waals surface area contributed by atoms with Crippen molar-refractivity contribution < 1.29 is 119 Å². The molecule has 15 N–H and O–H groups in total. The van der Waals surface area contributed by atoms with Gasteiger partial charge in [-0.15, -0.1) is 0 Å². The monoisotopic (exact) mass is 951 g/mol. The van der Waals surface area contributed by atoms with Gasteiger partial charge in [-0.05, 0) is 42.0 Å². The second-order valence-electron chi connectivity index (χ2n) is 15.9. The molecule has 4 aliphatic heterocycles. The van der Waals surface area contributed by atoms with Crippen molar-refractivity contribution in [2.75, 3.05) is 26.9 Å². The Morgan fingerprint density at radius 3 is 1.94 bits per heavy atom. The molecular weight excluding hydrogens is 900 g/mol. The Hall–Kier alpha value is -5.55. The number of hydrogen-bond donors (Lipinski definition) is 14. The fourth-order valence-electron chi connectivity index (χ4n) is 7.63. The molecule has 67 heavy (non-hydrogen) atoms. The molecule has 0 bridgehead atoms. The van der Waals surface area contributed by atoms with Gasteiger partial charge in [-0.25, -0.2) is 4.79 Å². The van der Waals surface area contributed by atoms with E-state index < -0.39 is 141 Å². The van der Waals surface area contributed by atoms with Crippen LogP contribution >= 0.6 is 0 Å². The largest absolute Gasteiger partial charge is 0.571 e. The number of phenolic OH excluding ortho intramolecular Hbond substituents is 4. The number of methoxy groups -OCH3 is 1. The van der Waals surface area contributed by atoms with Crippen molar-refractivity contribution in [1.29, 1.82) is 0 Å². The number of phenols is 4. The first-order chi connectivity index (χ1) is 31.9. The smallest absolute Gasteiger partial charge is 0.330 e. The van der Waals surface area contributed by atoms with E-state index in [0.29, 0.717) is 5.56 Å². The zero-order valence-corrected chi connectivity index (χ0v) is 35.1. The minimum Gasteiger partial charge on any atom is -0.571 e. The Bertz CT molecular complexity index is 2270. The number of aliphatic hydroxyl groups excluding tert-OH is 10. The van der Waals surface area contributed by atoms with Gasteiger partial charge in [0.05, 0.1) is 32.0 Å². The highest BCUT2D eigenvalue weighted by atomic mass is 16.8. The fraction of sp³-hybridized carbons (Fsp3) is 0.465. The summed E-state index contributed by atoms with van der Waals surface area (Å²) in [6.45, 7) is -2.40. The molecule has 7 rings (SSSR count). The van der Waals surface area contributed by atoms with Crippen LogP contribution in [-0.4, -0.2) is 201 Å². The molecule has 16 atom stereocenters. The van der Waals surface area contributed by atoms with E-state index in [2.05, 4.69) is 4.74 Å². The molecule has 0 radical (unpaired) electrons. The van der Waals surface area contributed by atoms with Gasteiger partial charge in [0.25, 0.3) is 11.9 Å². The molecule has 0 spiro atoms. The summed E-state index contributed by atoms with van der Waals surface area (Å²) < 4.78 is 50.4. The minimum absolute atomic E-state index is 0.0182. The first-order valence-corrected chi connectivity index (χ1v) is 20.6. The molecule has 3 saturated heterocycles. The highest BCUT2D eigenvalue weighted by Gasteiger charge is 2.53. The molecule has 0 aromatic heterocycles. The number of carbonyl (C=O) groups excluding carboxylic acids is 1. The molecule has 366 valence electrons. The summed E-state index contributed by atoms with van der Waals surface area (Å²) in [5.41, 5.74) is 0.535. The van der Waals surface area contributed by atoms with Crippen molar-refractivity contribution in [3.8, 4) is 40.2 Å². The Kier molecular flexibility index (Phi) is 15.3. The molecular formula is C43H51O24+. The lowest BCUT2D eigenvalue weighted by Gasteiger charge is -2.46. The lowest BCUT2D eigenvalue weighted by molar-refractivity contribution is -0.364. The van der Waals surface area contributed by atoms with Crippen LogP contribution in [0.5, 0.6) is 40.2 Å². The topological polar surface area (TPSA) is 387 Å². The second kappa shape index (κ2) is 20.8. The van der Waals surface area contributed by atoms with Gasteiger partial charge < -0.3 is 114 Å². The molecule has 3 fully saturated rings. The quantitative estimate of drug-likeness (QED) is 0.0330. The van der Waals surface area contributed by atoms with Crippen LogP contribution in [0, 0.1) is 0 Å². The van der Waals surface area contributed by atoms with Crippen LogP contribution in [0.15, 0.2) is 60.4 Å². The number of rotatable bonds is 14. The summed E-state index contributed by atoms with van der Waals surface area (Å²) in [4.78, 5) is 12.9. The highest BCUT2D eigenvalue weighted by Crippen LogP contribution is 2.47. The Balaban J connectivity index is 1.24. The van der Waals surface area contributed by atoms with Crippen LogP contribution in [0.25, 0.3) is 12.2 Å². The summed E-state index contributed by atoms with van der Waals surface area (Å²) in [6, 6.07) is 10.1. The van der Waals surface area contributed by atoms with Gasteiger partial charge in [-0.2, -0.15) is 0 Å². The number of hydrogen-bond acceptors (Lipinski definition) is 23. The van der Waals surface area contributed by atoms with Crippen LogP contribution in [0.1, 0.15) is 22.8 Å². The number of aromatic hydroxyl groups is 5. The van der Waals surface area contributed by atoms with E-state index in [-0.39, 0.29) is 39.9 Å². The van der Waals surface area contributed by atoms with E-state index in [1.807, 2.05) is 0 Å². The summed E-state index contributed by atoms with van der Waals surface area (Å²) in [5.74, 6) is -3.11. The van der Waals surface area contributed by atoms with Crippen molar-refractivity contribution in [3.05, 3.63) is 77.1 Å². The normalized spacial score (nSPS) is 34.1. The van der Waals surface area contributed by atoms with E-state index in [4.69, 9.17) is 37.9 Å². The molecule has 24 heteroatoms. The van der Waals surface area contributed by atoms with E-state index in [9.17, 15) is 76.3 Å². The predicted octanol–water partition coefficient (Wildman–Crippen LogP) is -3.06. The highest BCUT2D eigenvalue weighted by molar-refractivity contribution is 5.87. The third-order valence-electron chi connectivity index (χ3n) is 11.4. The zero-order chi connectivity index (χ0) is 48.4. The van der Waals surface area contributed by atoms with Crippen LogP contribution in [0.4, 0.5) is 0 Å². The van der Waals surface area contributed by atoms with Crippen LogP contribution in [0.2, 0.25) is 0 Å². The molecule has 0 saturated carbocycles. The maximum absolute atomic E-state index is 12.9. The Morgan fingerprint density at radius 1 is 0.657 bits per heavy atom. The zero-order valence-electron chi connectivity index (χ0n) is 35.1. The molecule has 3 aromatic rings. The maximum Gasteiger partial charge on any atom is 0.330 e. The second-order valence-corrected chi connectivity index (χ2v) is 15.9. The number of aliphatic hydroxyl groups is 11. The third-order valence-corrected chi connectivity index (χ3v) is 11.4. The molecule has 0 amide bonds. The fourth-order valence-corrected chi connectivity index (χ4v) is 7.63. The van der Waals surface area contributed by atoms with Crippen molar-refractivity contribution >= 4 is 18.1 Å². The van der Waals surface area contributed by atoms with Crippen LogP contribution in [-0.2, 0) is 33.2 Å². The Labute approximate surface area is 379 Å². The van der Waals surface area contributed by atoms with Crippen molar-refractivity contribution in [3.63, 3.8) is 0 Å². The van der Waals surface area contributed by atoms with Gasteiger partial charge in [-0.3, -0.25) is 0 Å². The molecule has 24 nitrogen and oxygen atoms in total. The molecule has 4 heterocycles. The first-order valence-electron chi connectivity index (χ1n) is 20.6. The number of carbonyl (C=O) groups is 1. The lowest BCUT2D eigenvalue weighted by Crippen LogP contribution is -2.64.